The van der Waals surface area contributed by atoms with Crippen LogP contribution < -0.4 is 9.47 Å². The summed E-state index contributed by atoms with van der Waals surface area (Å²) in [5, 5.41) is -0.344. The Labute approximate surface area is 187 Å². The highest BCUT2D eigenvalue weighted by atomic mass is 35.5. The molecule has 0 aliphatic rings. The first kappa shape index (κ1) is 25.3. The number of halogens is 4. The Kier molecular flexibility index (Phi) is 8.77. The van der Waals surface area contributed by atoms with E-state index < -0.39 is 35.0 Å². The van der Waals surface area contributed by atoms with Crippen LogP contribution in [0.5, 0.6) is 17.4 Å². The monoisotopic (exact) mass is 471 g/mol. The molecule has 2 rings (SSSR count). The summed E-state index contributed by atoms with van der Waals surface area (Å²) in [4.78, 5) is 39.9. The molecule has 0 spiro atoms. The van der Waals surface area contributed by atoms with Gasteiger partial charge in [0.2, 0.25) is 5.88 Å². The zero-order valence-corrected chi connectivity index (χ0v) is 18.1. The Hall–Kier alpha value is -2.94. The maximum absolute atomic E-state index is 12.8. The largest absolute Gasteiger partial charge is 0.489 e. The van der Waals surface area contributed by atoms with Crippen LogP contribution >= 0.6 is 11.6 Å². The molecule has 2 aromatic rings. The van der Waals surface area contributed by atoms with Crippen molar-refractivity contribution in [1.29, 1.82) is 0 Å². The Morgan fingerprint density at radius 1 is 1.03 bits per heavy atom. The summed E-state index contributed by atoms with van der Waals surface area (Å²) < 4.78 is 49.4. The number of ether oxygens (including phenoxy) is 2. The Morgan fingerprint density at radius 3 is 2.16 bits per heavy atom. The lowest BCUT2D eigenvalue weighted by atomic mass is 9.90. The fourth-order valence-electron chi connectivity index (χ4n) is 2.77. The molecule has 1 aromatic carbocycles. The molecule has 0 atom stereocenters. The third-order valence-electron chi connectivity index (χ3n) is 4.46. The minimum atomic E-state index is -4.60. The first-order valence-electron chi connectivity index (χ1n) is 9.79. The number of carbonyl (C=O) groups is 3. The third-order valence-corrected chi connectivity index (χ3v) is 4.73. The number of para-hydroxylation sites is 2. The van der Waals surface area contributed by atoms with Crippen molar-refractivity contribution in [3.05, 3.63) is 47.1 Å². The summed E-state index contributed by atoms with van der Waals surface area (Å²) in [5.41, 5.74) is -1.02. The van der Waals surface area contributed by atoms with E-state index in [1.807, 2.05) is 0 Å². The standard InChI is InChI=1S/C22H21ClF3NO5/c1-3-15(28)20(16(29)4-2)17(30)9-10-31-18-7-5-6-8-19(18)32-21-14(23)11-13(12-27-21)22(24,25)26/h5-8,11-12,20H,3-4,9-10H2,1-2H3. The molecule has 0 saturated heterocycles. The van der Waals surface area contributed by atoms with Gasteiger partial charge >= 0.3 is 6.18 Å². The van der Waals surface area contributed by atoms with E-state index in [0.29, 0.717) is 12.3 Å². The molecule has 0 unspecified atom stereocenters. The SMILES string of the molecule is CCC(=O)C(C(=O)CC)C(=O)CCOc1ccccc1Oc1ncc(C(F)(F)F)cc1Cl. The van der Waals surface area contributed by atoms with Crippen LogP contribution in [0.1, 0.15) is 38.7 Å². The van der Waals surface area contributed by atoms with E-state index in [1.54, 1.807) is 26.0 Å². The molecule has 1 aromatic heterocycles. The number of alkyl halides is 3. The van der Waals surface area contributed by atoms with Crippen molar-refractivity contribution in [3.8, 4) is 17.4 Å². The zero-order valence-electron chi connectivity index (χ0n) is 17.4. The van der Waals surface area contributed by atoms with E-state index in [1.165, 1.54) is 12.1 Å². The van der Waals surface area contributed by atoms with E-state index in [-0.39, 0.29) is 48.3 Å². The second-order valence-corrected chi connectivity index (χ2v) is 7.10. The minimum Gasteiger partial charge on any atom is -0.489 e. The van der Waals surface area contributed by atoms with Crippen LogP contribution in [0, 0.1) is 5.92 Å². The van der Waals surface area contributed by atoms with Crippen molar-refractivity contribution in [3.63, 3.8) is 0 Å². The van der Waals surface area contributed by atoms with Gasteiger partial charge in [-0.15, -0.1) is 0 Å². The molecule has 1 heterocycles. The fraction of sp³-hybridized carbons (Fsp3) is 0.364. The molecule has 0 aliphatic heterocycles. The molecule has 0 aliphatic carbocycles. The molecule has 10 heteroatoms. The molecule has 172 valence electrons. The van der Waals surface area contributed by atoms with Gasteiger partial charge in [0, 0.05) is 25.5 Å². The van der Waals surface area contributed by atoms with Crippen LogP contribution in [0.25, 0.3) is 0 Å². The van der Waals surface area contributed by atoms with E-state index in [0.717, 1.165) is 0 Å². The normalized spacial score (nSPS) is 11.3. The average molecular weight is 472 g/mol. The van der Waals surface area contributed by atoms with Gasteiger partial charge in [0.15, 0.2) is 28.8 Å². The lowest BCUT2D eigenvalue weighted by Gasteiger charge is -2.15. The number of rotatable bonds is 11. The topological polar surface area (TPSA) is 82.6 Å². The summed E-state index contributed by atoms with van der Waals surface area (Å²) >= 11 is 5.87. The fourth-order valence-corrected chi connectivity index (χ4v) is 2.97. The van der Waals surface area contributed by atoms with Crippen molar-refractivity contribution in [2.75, 3.05) is 6.61 Å². The molecular weight excluding hydrogens is 451 g/mol. The molecular formula is C22H21ClF3NO5. The highest BCUT2D eigenvalue weighted by Crippen LogP contribution is 2.37. The number of ketones is 3. The van der Waals surface area contributed by atoms with Crippen LogP contribution in [0.4, 0.5) is 13.2 Å². The number of hydrogen-bond donors (Lipinski definition) is 0. The van der Waals surface area contributed by atoms with Crippen molar-refractivity contribution >= 4 is 29.0 Å². The summed E-state index contributed by atoms with van der Waals surface area (Å²) in [7, 11) is 0. The van der Waals surface area contributed by atoms with Gasteiger partial charge in [-0.25, -0.2) is 4.98 Å². The van der Waals surface area contributed by atoms with Crippen molar-refractivity contribution in [2.24, 2.45) is 5.92 Å². The van der Waals surface area contributed by atoms with Crippen LogP contribution in [-0.4, -0.2) is 28.9 Å². The molecule has 0 bridgehead atoms. The van der Waals surface area contributed by atoms with E-state index in [2.05, 4.69) is 4.98 Å². The van der Waals surface area contributed by atoms with Gasteiger partial charge < -0.3 is 9.47 Å². The van der Waals surface area contributed by atoms with E-state index in [9.17, 15) is 27.6 Å². The predicted octanol–water partition coefficient (Wildman–Crippen LogP) is 5.46. The van der Waals surface area contributed by atoms with Gasteiger partial charge in [0.05, 0.1) is 12.2 Å². The number of benzene rings is 1. The smallest absolute Gasteiger partial charge is 0.417 e. The first-order chi connectivity index (χ1) is 15.1. The highest BCUT2D eigenvalue weighted by molar-refractivity contribution is 6.31. The summed E-state index contributed by atoms with van der Waals surface area (Å²) in [6.45, 7) is 3.02. The number of aromatic nitrogens is 1. The van der Waals surface area contributed by atoms with Crippen molar-refractivity contribution in [1.82, 2.24) is 4.98 Å². The Morgan fingerprint density at radius 2 is 1.62 bits per heavy atom. The summed E-state index contributed by atoms with van der Waals surface area (Å²) in [6, 6.07) is 6.92. The van der Waals surface area contributed by atoms with Crippen LogP contribution in [0.3, 0.4) is 0 Å². The summed E-state index contributed by atoms with van der Waals surface area (Å²) in [5.74, 6) is -2.67. The molecule has 0 N–H and O–H groups in total. The number of carbonyl (C=O) groups excluding carboxylic acids is 3. The Balaban J connectivity index is 2.09. The molecule has 0 saturated carbocycles. The maximum Gasteiger partial charge on any atom is 0.417 e. The van der Waals surface area contributed by atoms with Crippen LogP contribution in [-0.2, 0) is 20.6 Å². The van der Waals surface area contributed by atoms with E-state index >= 15 is 0 Å². The first-order valence-corrected chi connectivity index (χ1v) is 10.2. The van der Waals surface area contributed by atoms with Gasteiger partial charge in [-0.2, -0.15) is 13.2 Å². The molecule has 0 amide bonds. The predicted molar refractivity (Wildman–Crippen MR) is 110 cm³/mol. The van der Waals surface area contributed by atoms with Crippen molar-refractivity contribution in [2.45, 2.75) is 39.3 Å². The second kappa shape index (κ2) is 11.1. The second-order valence-electron chi connectivity index (χ2n) is 6.70. The third kappa shape index (κ3) is 6.53. The van der Waals surface area contributed by atoms with E-state index in [4.69, 9.17) is 21.1 Å². The van der Waals surface area contributed by atoms with Gasteiger partial charge in [0.1, 0.15) is 10.9 Å². The molecule has 0 fully saturated rings. The minimum absolute atomic E-state index is 0.0700. The van der Waals surface area contributed by atoms with Gasteiger partial charge in [-0.05, 0) is 18.2 Å². The van der Waals surface area contributed by atoms with Crippen LogP contribution in [0.15, 0.2) is 36.5 Å². The Bertz CT molecular complexity index is 978. The molecule has 32 heavy (non-hydrogen) atoms. The number of hydrogen-bond acceptors (Lipinski definition) is 6. The maximum atomic E-state index is 12.8. The lowest BCUT2D eigenvalue weighted by Crippen LogP contribution is -2.32. The highest BCUT2D eigenvalue weighted by Gasteiger charge is 2.32. The van der Waals surface area contributed by atoms with Gasteiger partial charge in [0.25, 0.3) is 0 Å². The average Bonchev–Trinajstić information content (AvgIpc) is 2.75. The number of Topliss-reactive ketones (excluding diaryl/α,β-unsaturated/α-hetero) is 3. The summed E-state index contributed by atoms with van der Waals surface area (Å²) in [6.07, 6.45) is -4.05. The molecule has 6 nitrogen and oxygen atoms in total. The van der Waals surface area contributed by atoms with Gasteiger partial charge in [-0.1, -0.05) is 37.6 Å². The van der Waals surface area contributed by atoms with Crippen LogP contribution in [0.2, 0.25) is 5.02 Å². The lowest BCUT2D eigenvalue weighted by molar-refractivity contribution is -0.140. The quantitative estimate of drug-likeness (QED) is 0.405. The molecule has 0 radical (unpaired) electrons. The van der Waals surface area contributed by atoms with Gasteiger partial charge in [-0.3, -0.25) is 14.4 Å². The number of pyridine rings is 1. The zero-order chi connectivity index (χ0) is 23.9. The number of nitrogens with zero attached hydrogens (tertiary/aromatic N) is 1. The van der Waals surface area contributed by atoms with Crippen molar-refractivity contribution < 1.29 is 37.0 Å².